The number of hydrogen-bond acceptors (Lipinski definition) is 3. The number of rotatable bonds is 2. The van der Waals surface area contributed by atoms with E-state index in [1.54, 1.807) is 4.90 Å². The Morgan fingerprint density at radius 3 is 2.61 bits per heavy atom. The molecule has 0 saturated carbocycles. The lowest BCUT2D eigenvalue weighted by Crippen LogP contribution is -2.45. The maximum Gasteiger partial charge on any atom is 0.573 e. The summed E-state index contributed by atoms with van der Waals surface area (Å²) < 4.78 is 40.1. The van der Waals surface area contributed by atoms with Gasteiger partial charge < -0.3 is 20.3 Å². The molecule has 2 atom stereocenters. The van der Waals surface area contributed by atoms with Crippen molar-refractivity contribution < 1.29 is 22.7 Å². The lowest BCUT2D eigenvalue weighted by atomic mass is 9.89. The summed E-state index contributed by atoms with van der Waals surface area (Å²) in [5.41, 5.74) is 0.441. The summed E-state index contributed by atoms with van der Waals surface area (Å²) in [6.45, 7) is 3.35. The summed E-state index contributed by atoms with van der Waals surface area (Å²) in [6.07, 6.45) is -3.74. The molecule has 8 heteroatoms. The average molecular weight is 329 g/mol. The Bertz CT molecular complexity index is 562. The van der Waals surface area contributed by atoms with Crippen LogP contribution in [0.15, 0.2) is 24.3 Å². The normalized spacial score (nSPS) is 24.2. The van der Waals surface area contributed by atoms with Gasteiger partial charge in [-0.15, -0.1) is 13.2 Å². The second-order valence-corrected chi connectivity index (χ2v) is 5.92. The number of benzene rings is 1. The molecule has 0 radical (unpaired) electrons. The highest BCUT2D eigenvalue weighted by molar-refractivity contribution is 5.89. The maximum atomic E-state index is 12.3. The Morgan fingerprint density at radius 1 is 1.22 bits per heavy atom. The van der Waals surface area contributed by atoms with Crippen molar-refractivity contribution in [1.29, 1.82) is 0 Å². The summed E-state index contributed by atoms with van der Waals surface area (Å²) in [5.74, 6) is 0.809. The van der Waals surface area contributed by atoms with Gasteiger partial charge in [0.1, 0.15) is 5.75 Å². The van der Waals surface area contributed by atoms with Crippen molar-refractivity contribution in [1.82, 2.24) is 10.2 Å². The van der Waals surface area contributed by atoms with Gasteiger partial charge in [0.25, 0.3) is 0 Å². The molecule has 2 amide bonds. The van der Waals surface area contributed by atoms with Gasteiger partial charge in [0, 0.05) is 18.8 Å². The fourth-order valence-corrected chi connectivity index (χ4v) is 3.16. The number of fused-ring (bicyclic) bond motifs is 1. The van der Waals surface area contributed by atoms with Crippen LogP contribution in [0.5, 0.6) is 5.75 Å². The van der Waals surface area contributed by atoms with Crippen molar-refractivity contribution in [3.05, 3.63) is 24.3 Å². The minimum atomic E-state index is -4.72. The quantitative estimate of drug-likeness (QED) is 0.877. The lowest BCUT2D eigenvalue weighted by Gasteiger charge is -2.34. The Balaban J connectivity index is 1.55. The number of urea groups is 1. The molecule has 2 heterocycles. The highest BCUT2D eigenvalue weighted by Gasteiger charge is 2.34. The summed E-state index contributed by atoms with van der Waals surface area (Å²) in [6, 6.07) is 4.91. The van der Waals surface area contributed by atoms with E-state index in [0.717, 1.165) is 19.5 Å². The average Bonchev–Trinajstić information content (AvgIpc) is 2.95. The molecule has 23 heavy (non-hydrogen) atoms. The first-order valence-corrected chi connectivity index (χ1v) is 7.53. The standard InChI is InChI=1S/C15H18F3N3O2/c16-15(17,18)23-13-3-1-12(2-4-13)20-14(22)21-6-5-10-7-19-8-11(10)9-21/h1-4,10-11,19H,5-9H2,(H,20,22). The fourth-order valence-electron chi connectivity index (χ4n) is 3.16. The van der Waals surface area contributed by atoms with Crippen molar-refractivity contribution in [2.45, 2.75) is 12.8 Å². The number of halogens is 3. The molecule has 0 aromatic heterocycles. The topological polar surface area (TPSA) is 53.6 Å². The van der Waals surface area contributed by atoms with E-state index < -0.39 is 6.36 Å². The van der Waals surface area contributed by atoms with E-state index in [4.69, 9.17) is 0 Å². The molecule has 2 saturated heterocycles. The molecule has 1 aromatic rings. The highest BCUT2D eigenvalue weighted by Crippen LogP contribution is 2.27. The number of carbonyl (C=O) groups excluding carboxylic acids is 1. The summed E-state index contributed by atoms with van der Waals surface area (Å²) in [4.78, 5) is 14.0. The Labute approximate surface area is 131 Å². The fraction of sp³-hybridized carbons (Fsp3) is 0.533. The van der Waals surface area contributed by atoms with Crippen molar-refractivity contribution in [2.24, 2.45) is 11.8 Å². The van der Waals surface area contributed by atoms with E-state index in [-0.39, 0.29) is 11.8 Å². The summed E-state index contributed by atoms with van der Waals surface area (Å²) in [5, 5.41) is 6.05. The summed E-state index contributed by atoms with van der Waals surface area (Å²) in [7, 11) is 0. The first-order chi connectivity index (χ1) is 10.9. The van der Waals surface area contributed by atoms with Crippen LogP contribution < -0.4 is 15.4 Å². The minimum Gasteiger partial charge on any atom is -0.406 e. The van der Waals surface area contributed by atoms with Crippen LogP contribution in [-0.4, -0.2) is 43.5 Å². The van der Waals surface area contributed by atoms with Crippen molar-refractivity contribution in [3.63, 3.8) is 0 Å². The van der Waals surface area contributed by atoms with E-state index in [1.165, 1.54) is 24.3 Å². The Hall–Kier alpha value is -1.96. The first-order valence-electron chi connectivity index (χ1n) is 7.53. The Kier molecular flexibility index (Phi) is 4.34. The van der Waals surface area contributed by atoms with E-state index >= 15 is 0 Å². The van der Waals surface area contributed by atoms with Gasteiger partial charge in [-0.2, -0.15) is 0 Å². The molecule has 2 aliphatic rings. The van der Waals surface area contributed by atoms with E-state index in [9.17, 15) is 18.0 Å². The van der Waals surface area contributed by atoms with E-state index in [1.807, 2.05) is 0 Å². The van der Waals surface area contributed by atoms with Gasteiger partial charge in [-0.05, 0) is 55.6 Å². The van der Waals surface area contributed by atoms with Crippen molar-refractivity contribution in [2.75, 3.05) is 31.5 Å². The zero-order chi connectivity index (χ0) is 16.4. The molecule has 0 bridgehead atoms. The predicted molar refractivity (Wildman–Crippen MR) is 78.2 cm³/mol. The van der Waals surface area contributed by atoms with Crippen LogP contribution >= 0.6 is 0 Å². The molecule has 0 aliphatic carbocycles. The zero-order valence-electron chi connectivity index (χ0n) is 12.4. The number of piperidine rings is 1. The van der Waals surface area contributed by atoms with Crippen molar-refractivity contribution in [3.8, 4) is 5.75 Å². The van der Waals surface area contributed by atoms with Crippen LogP contribution in [0.1, 0.15) is 6.42 Å². The number of nitrogens with one attached hydrogen (secondary N) is 2. The number of hydrogen-bond donors (Lipinski definition) is 2. The smallest absolute Gasteiger partial charge is 0.406 e. The zero-order valence-corrected chi connectivity index (χ0v) is 12.4. The number of likely N-dealkylation sites (tertiary alicyclic amines) is 1. The number of alkyl halides is 3. The third-order valence-electron chi connectivity index (χ3n) is 4.33. The molecular formula is C15H18F3N3O2. The van der Waals surface area contributed by atoms with Crippen LogP contribution in [0.2, 0.25) is 0 Å². The first kappa shape index (κ1) is 15.9. The molecule has 2 fully saturated rings. The van der Waals surface area contributed by atoms with Gasteiger partial charge in [-0.3, -0.25) is 0 Å². The van der Waals surface area contributed by atoms with Gasteiger partial charge in [-0.25, -0.2) is 4.79 Å². The van der Waals surface area contributed by atoms with E-state index in [0.29, 0.717) is 30.6 Å². The van der Waals surface area contributed by atoms with Gasteiger partial charge >= 0.3 is 12.4 Å². The lowest BCUT2D eigenvalue weighted by molar-refractivity contribution is -0.274. The monoisotopic (exact) mass is 329 g/mol. The van der Waals surface area contributed by atoms with Gasteiger partial charge in [0.05, 0.1) is 0 Å². The highest BCUT2D eigenvalue weighted by atomic mass is 19.4. The van der Waals surface area contributed by atoms with Gasteiger partial charge in [0.2, 0.25) is 0 Å². The van der Waals surface area contributed by atoms with Crippen molar-refractivity contribution >= 4 is 11.7 Å². The molecule has 0 spiro atoms. The largest absolute Gasteiger partial charge is 0.573 e. The van der Waals surface area contributed by atoms with Crippen LogP contribution in [0, 0.1) is 11.8 Å². The number of anilines is 1. The predicted octanol–water partition coefficient (Wildman–Crippen LogP) is 2.66. The second-order valence-electron chi connectivity index (χ2n) is 5.92. The molecule has 3 rings (SSSR count). The number of nitrogens with zero attached hydrogens (tertiary/aromatic N) is 1. The molecule has 1 aromatic carbocycles. The molecule has 2 unspecified atom stereocenters. The molecule has 126 valence electrons. The van der Waals surface area contributed by atoms with Crippen LogP contribution in [0.4, 0.5) is 23.7 Å². The van der Waals surface area contributed by atoms with Crippen LogP contribution in [-0.2, 0) is 0 Å². The Morgan fingerprint density at radius 2 is 1.91 bits per heavy atom. The summed E-state index contributed by atoms with van der Waals surface area (Å²) >= 11 is 0. The van der Waals surface area contributed by atoms with Gasteiger partial charge in [-0.1, -0.05) is 0 Å². The second kappa shape index (κ2) is 6.27. The maximum absolute atomic E-state index is 12.3. The molecule has 5 nitrogen and oxygen atoms in total. The molecule has 2 N–H and O–H groups in total. The van der Waals surface area contributed by atoms with Crippen LogP contribution in [0.3, 0.4) is 0 Å². The number of amides is 2. The molecular weight excluding hydrogens is 311 g/mol. The van der Waals surface area contributed by atoms with Crippen LogP contribution in [0.25, 0.3) is 0 Å². The third kappa shape index (κ3) is 4.07. The molecule has 2 aliphatic heterocycles. The third-order valence-corrected chi connectivity index (χ3v) is 4.33. The SMILES string of the molecule is O=C(Nc1ccc(OC(F)(F)F)cc1)N1CCC2CNCC2C1. The number of carbonyl (C=O) groups is 1. The van der Waals surface area contributed by atoms with E-state index in [2.05, 4.69) is 15.4 Å². The van der Waals surface area contributed by atoms with Gasteiger partial charge in [0.15, 0.2) is 0 Å². The minimum absolute atomic E-state index is 0.222. The number of ether oxygens (including phenoxy) is 1.